The summed E-state index contributed by atoms with van der Waals surface area (Å²) in [4.78, 5) is 19.6. The highest BCUT2D eigenvalue weighted by molar-refractivity contribution is 6.05. The molecule has 1 atom stereocenters. The highest BCUT2D eigenvalue weighted by Gasteiger charge is 2.16. The molecule has 0 unspecified atom stereocenters. The fourth-order valence-corrected chi connectivity index (χ4v) is 2.91. The largest absolute Gasteiger partial charge is 0.491 e. The predicted molar refractivity (Wildman–Crippen MR) is 95.0 cm³/mol. The van der Waals surface area contributed by atoms with Crippen LogP contribution in [0.3, 0.4) is 0 Å². The molecule has 6 nitrogen and oxygen atoms in total. The molecule has 0 bridgehead atoms. The van der Waals surface area contributed by atoms with Crippen molar-refractivity contribution in [3.05, 3.63) is 54.4 Å². The Balaban J connectivity index is 1.42. The van der Waals surface area contributed by atoms with Gasteiger partial charge in [0, 0.05) is 23.9 Å². The van der Waals surface area contributed by atoms with Crippen LogP contribution in [-0.4, -0.2) is 35.2 Å². The number of benzene rings is 2. The van der Waals surface area contributed by atoms with Crippen molar-refractivity contribution in [3.63, 3.8) is 0 Å². The summed E-state index contributed by atoms with van der Waals surface area (Å²) in [5, 5.41) is 2.90. The number of anilines is 1. The van der Waals surface area contributed by atoms with Crippen molar-refractivity contribution in [2.45, 2.75) is 18.9 Å². The molecule has 25 heavy (non-hydrogen) atoms. The summed E-state index contributed by atoms with van der Waals surface area (Å²) in [7, 11) is 0. The van der Waals surface area contributed by atoms with Crippen LogP contribution < -0.4 is 10.1 Å². The third-order valence-electron chi connectivity index (χ3n) is 4.23. The number of aromatic amines is 1. The van der Waals surface area contributed by atoms with E-state index in [0.717, 1.165) is 36.2 Å². The van der Waals surface area contributed by atoms with Gasteiger partial charge in [-0.3, -0.25) is 4.79 Å². The molecular formula is C19H19N3O3. The maximum Gasteiger partial charge on any atom is 0.255 e. The molecule has 1 aliphatic rings. The summed E-state index contributed by atoms with van der Waals surface area (Å²) in [5.74, 6) is 0.546. The van der Waals surface area contributed by atoms with Gasteiger partial charge in [-0.1, -0.05) is 6.07 Å². The van der Waals surface area contributed by atoms with Gasteiger partial charge < -0.3 is 19.8 Å². The molecule has 4 rings (SSSR count). The van der Waals surface area contributed by atoms with Gasteiger partial charge >= 0.3 is 0 Å². The zero-order chi connectivity index (χ0) is 17.1. The summed E-state index contributed by atoms with van der Waals surface area (Å²) >= 11 is 0. The van der Waals surface area contributed by atoms with Crippen molar-refractivity contribution in [3.8, 4) is 5.75 Å². The van der Waals surface area contributed by atoms with Crippen molar-refractivity contribution < 1.29 is 14.3 Å². The average Bonchev–Trinajstić information content (AvgIpc) is 3.31. The van der Waals surface area contributed by atoms with E-state index in [1.165, 1.54) is 0 Å². The topological polar surface area (TPSA) is 76.2 Å². The van der Waals surface area contributed by atoms with E-state index in [1.807, 2.05) is 30.3 Å². The van der Waals surface area contributed by atoms with E-state index in [0.29, 0.717) is 17.9 Å². The van der Waals surface area contributed by atoms with E-state index in [2.05, 4.69) is 15.3 Å². The molecule has 0 saturated carbocycles. The zero-order valence-corrected chi connectivity index (χ0v) is 13.7. The molecule has 0 radical (unpaired) electrons. The molecule has 2 aromatic carbocycles. The fraction of sp³-hybridized carbons (Fsp3) is 0.263. The van der Waals surface area contributed by atoms with Crippen molar-refractivity contribution >= 4 is 22.6 Å². The van der Waals surface area contributed by atoms with Gasteiger partial charge in [-0.2, -0.15) is 0 Å². The number of amides is 1. The first kappa shape index (κ1) is 15.7. The van der Waals surface area contributed by atoms with Gasteiger partial charge in [0.1, 0.15) is 12.4 Å². The number of imidazole rings is 1. The van der Waals surface area contributed by atoms with E-state index in [4.69, 9.17) is 9.47 Å². The molecule has 2 heterocycles. The lowest BCUT2D eigenvalue weighted by atomic mass is 10.2. The summed E-state index contributed by atoms with van der Waals surface area (Å²) in [5.41, 5.74) is 2.93. The third kappa shape index (κ3) is 3.64. The molecule has 128 valence electrons. The minimum atomic E-state index is -0.173. The standard InChI is InChI=1S/C19H19N3O3/c23-19(13-6-7-17-18(9-13)21-12-20-17)22-14-3-1-4-15(10-14)25-11-16-5-2-8-24-16/h1,3-4,6-7,9-10,12,16H,2,5,8,11H2,(H,20,21)(H,22,23)/t16-/m0/s1. The fourth-order valence-electron chi connectivity index (χ4n) is 2.91. The van der Waals surface area contributed by atoms with Crippen LogP contribution in [0.25, 0.3) is 11.0 Å². The van der Waals surface area contributed by atoms with Crippen LogP contribution in [0.2, 0.25) is 0 Å². The summed E-state index contributed by atoms with van der Waals surface area (Å²) in [6, 6.07) is 12.8. The number of carbonyl (C=O) groups excluding carboxylic acids is 1. The number of nitrogens with one attached hydrogen (secondary N) is 2. The zero-order valence-electron chi connectivity index (χ0n) is 13.7. The molecule has 3 aromatic rings. The molecule has 6 heteroatoms. The van der Waals surface area contributed by atoms with Gasteiger partial charge in [-0.05, 0) is 43.2 Å². The summed E-state index contributed by atoms with van der Waals surface area (Å²) in [6.07, 6.45) is 3.90. The van der Waals surface area contributed by atoms with Crippen molar-refractivity contribution in [2.75, 3.05) is 18.5 Å². The summed E-state index contributed by atoms with van der Waals surface area (Å²) in [6.45, 7) is 1.35. The number of nitrogens with zero attached hydrogens (tertiary/aromatic N) is 1. The van der Waals surface area contributed by atoms with Gasteiger partial charge in [0.15, 0.2) is 0 Å². The molecule has 1 aliphatic heterocycles. The highest BCUT2D eigenvalue weighted by atomic mass is 16.5. The van der Waals surface area contributed by atoms with E-state index in [-0.39, 0.29) is 12.0 Å². The molecule has 2 N–H and O–H groups in total. The molecule has 1 fully saturated rings. The van der Waals surface area contributed by atoms with Crippen molar-refractivity contribution in [1.29, 1.82) is 0 Å². The normalized spacial score (nSPS) is 16.9. The van der Waals surface area contributed by atoms with Crippen LogP contribution in [-0.2, 0) is 4.74 Å². The lowest BCUT2D eigenvalue weighted by Gasteiger charge is -2.12. The monoisotopic (exact) mass is 337 g/mol. The lowest BCUT2D eigenvalue weighted by Crippen LogP contribution is -2.16. The van der Waals surface area contributed by atoms with Gasteiger partial charge in [0.25, 0.3) is 5.91 Å². The molecule has 1 saturated heterocycles. The van der Waals surface area contributed by atoms with Gasteiger partial charge in [0.05, 0.1) is 23.5 Å². The molecule has 0 aliphatic carbocycles. The second-order valence-electron chi connectivity index (χ2n) is 6.06. The minimum Gasteiger partial charge on any atom is -0.491 e. The van der Waals surface area contributed by atoms with Gasteiger partial charge in [-0.25, -0.2) is 4.98 Å². The number of hydrogen-bond donors (Lipinski definition) is 2. The Morgan fingerprint density at radius 1 is 1.32 bits per heavy atom. The minimum absolute atomic E-state index is 0.166. The second kappa shape index (κ2) is 6.94. The van der Waals surface area contributed by atoms with Gasteiger partial charge in [-0.15, -0.1) is 0 Å². The average molecular weight is 337 g/mol. The maximum absolute atomic E-state index is 12.5. The number of fused-ring (bicyclic) bond motifs is 1. The summed E-state index contributed by atoms with van der Waals surface area (Å²) < 4.78 is 11.3. The molecule has 1 aromatic heterocycles. The van der Waals surface area contributed by atoms with Crippen LogP contribution in [0.15, 0.2) is 48.8 Å². The Labute approximate surface area is 145 Å². The smallest absolute Gasteiger partial charge is 0.255 e. The molecule has 1 amide bonds. The number of rotatable bonds is 5. The number of H-pyrrole nitrogens is 1. The van der Waals surface area contributed by atoms with E-state index in [9.17, 15) is 4.79 Å². The lowest BCUT2D eigenvalue weighted by molar-refractivity contribution is 0.0680. The number of carbonyl (C=O) groups is 1. The number of hydrogen-bond acceptors (Lipinski definition) is 4. The number of ether oxygens (including phenoxy) is 2. The first-order valence-electron chi connectivity index (χ1n) is 8.37. The third-order valence-corrected chi connectivity index (χ3v) is 4.23. The molecule has 0 spiro atoms. The second-order valence-corrected chi connectivity index (χ2v) is 6.06. The Bertz CT molecular complexity index is 884. The van der Waals surface area contributed by atoms with Crippen LogP contribution in [0, 0.1) is 0 Å². The Morgan fingerprint density at radius 2 is 2.28 bits per heavy atom. The number of aromatic nitrogens is 2. The van der Waals surface area contributed by atoms with Crippen LogP contribution in [0.5, 0.6) is 5.75 Å². The Morgan fingerprint density at radius 3 is 3.16 bits per heavy atom. The van der Waals surface area contributed by atoms with E-state index >= 15 is 0 Å². The SMILES string of the molecule is O=C(Nc1cccc(OC[C@@H]2CCCO2)c1)c1ccc2nc[nH]c2c1. The van der Waals surface area contributed by atoms with E-state index in [1.54, 1.807) is 18.5 Å². The quantitative estimate of drug-likeness (QED) is 0.748. The molecular weight excluding hydrogens is 318 g/mol. The first-order chi connectivity index (χ1) is 12.3. The highest BCUT2D eigenvalue weighted by Crippen LogP contribution is 2.21. The van der Waals surface area contributed by atoms with Crippen LogP contribution >= 0.6 is 0 Å². The first-order valence-corrected chi connectivity index (χ1v) is 8.37. The van der Waals surface area contributed by atoms with E-state index < -0.39 is 0 Å². The van der Waals surface area contributed by atoms with Crippen molar-refractivity contribution in [1.82, 2.24) is 9.97 Å². The Kier molecular flexibility index (Phi) is 4.35. The van der Waals surface area contributed by atoms with Crippen LogP contribution in [0.1, 0.15) is 23.2 Å². The maximum atomic E-state index is 12.5. The Hall–Kier alpha value is -2.86. The van der Waals surface area contributed by atoms with Gasteiger partial charge in [0.2, 0.25) is 0 Å². The van der Waals surface area contributed by atoms with Crippen LogP contribution in [0.4, 0.5) is 5.69 Å². The van der Waals surface area contributed by atoms with Crippen molar-refractivity contribution in [2.24, 2.45) is 0 Å². The predicted octanol–water partition coefficient (Wildman–Crippen LogP) is 3.37.